The monoisotopic (exact) mass is 381 g/mol. The molecule has 144 valence electrons. The fraction of sp³-hybridized carbons (Fsp3) is 0.526. The summed E-state index contributed by atoms with van der Waals surface area (Å²) >= 11 is 0. The van der Waals surface area contributed by atoms with E-state index in [1.165, 1.54) is 0 Å². The molecule has 1 N–H and O–H groups in total. The number of unbranched alkanes of at least 4 members (excludes halogenated alkanes) is 1. The Hall–Kier alpha value is -1.46. The van der Waals surface area contributed by atoms with Crippen molar-refractivity contribution in [3.8, 4) is 5.75 Å². The van der Waals surface area contributed by atoms with E-state index < -0.39 is 14.3 Å². The molecule has 0 saturated carbocycles. The van der Waals surface area contributed by atoms with Gasteiger partial charge in [0.2, 0.25) is 0 Å². The van der Waals surface area contributed by atoms with Gasteiger partial charge >= 0.3 is 5.97 Å². The molecule has 1 aliphatic rings. The number of benzene rings is 1. The number of carbonyl (C=O) groups excluding carboxylic acids is 1. The first-order chi connectivity index (χ1) is 12.6. The minimum Gasteiger partial charge on any atom is -0.465 e. The molecular weight excluding hydrogens is 353 g/mol. The van der Waals surface area contributed by atoms with Crippen LogP contribution in [0.2, 0.25) is 0 Å². The van der Waals surface area contributed by atoms with Crippen LogP contribution in [0.15, 0.2) is 42.5 Å². The van der Waals surface area contributed by atoms with Gasteiger partial charge in [0.1, 0.15) is 18.1 Å². The number of nitrogens with one attached hydrogen (secondary N) is 1. The summed E-state index contributed by atoms with van der Waals surface area (Å²) < 4.78 is 22.6. The van der Waals surface area contributed by atoms with Gasteiger partial charge in [-0.2, -0.15) is 0 Å². The quantitative estimate of drug-likeness (QED) is 0.271. The van der Waals surface area contributed by atoms with Gasteiger partial charge in [0.05, 0.1) is 12.7 Å². The van der Waals surface area contributed by atoms with Gasteiger partial charge in [-0.25, -0.2) is 5.09 Å². The first kappa shape index (κ1) is 20.8. The molecule has 7 heteroatoms. The predicted octanol–water partition coefficient (Wildman–Crippen LogP) is 3.97. The summed E-state index contributed by atoms with van der Waals surface area (Å²) in [5, 5.41) is 3.19. The lowest BCUT2D eigenvalue weighted by atomic mass is 10.3. The maximum atomic E-state index is 12.1. The molecule has 0 radical (unpaired) electrons. The average Bonchev–Trinajstić information content (AvgIpc) is 3.06. The zero-order valence-electron chi connectivity index (χ0n) is 15.6. The molecule has 0 bridgehead atoms. The normalized spacial score (nSPS) is 21.3. The lowest BCUT2D eigenvalue weighted by molar-refractivity contribution is -0.145. The van der Waals surface area contributed by atoms with Crippen molar-refractivity contribution in [3.63, 3.8) is 0 Å². The molecule has 0 fully saturated rings. The first-order valence-corrected chi connectivity index (χ1v) is 10.4. The number of hydrogen-bond donors (Lipinski definition) is 1. The summed E-state index contributed by atoms with van der Waals surface area (Å²) in [5.74, 6) is 0.436. The van der Waals surface area contributed by atoms with Gasteiger partial charge in [0.25, 0.3) is 0 Å². The van der Waals surface area contributed by atoms with E-state index in [0.29, 0.717) is 13.0 Å². The van der Waals surface area contributed by atoms with Crippen molar-refractivity contribution in [2.24, 2.45) is 0 Å². The molecule has 26 heavy (non-hydrogen) atoms. The molecule has 1 aromatic carbocycles. The van der Waals surface area contributed by atoms with Crippen molar-refractivity contribution in [2.75, 3.05) is 13.0 Å². The molecule has 2 rings (SSSR count). The van der Waals surface area contributed by atoms with Crippen LogP contribution in [0.3, 0.4) is 0 Å². The lowest BCUT2D eigenvalue weighted by Gasteiger charge is -2.23. The van der Waals surface area contributed by atoms with Gasteiger partial charge in [-0.15, -0.1) is 0 Å². The molecular formula is C19H28NO5P. The highest BCUT2D eigenvalue weighted by atomic mass is 31.2. The van der Waals surface area contributed by atoms with Crippen molar-refractivity contribution in [1.29, 1.82) is 0 Å². The van der Waals surface area contributed by atoms with Crippen LogP contribution < -0.4 is 9.61 Å². The fourth-order valence-corrected chi connectivity index (χ4v) is 3.57. The molecule has 1 aromatic rings. The van der Waals surface area contributed by atoms with Crippen LogP contribution in [0.25, 0.3) is 0 Å². The Kier molecular flexibility index (Phi) is 9.06. The highest BCUT2D eigenvalue weighted by molar-refractivity contribution is 7.50. The number of rotatable bonds is 11. The third kappa shape index (κ3) is 7.42. The van der Waals surface area contributed by atoms with Gasteiger partial charge in [-0.1, -0.05) is 37.6 Å². The number of esters is 1. The molecule has 4 unspecified atom stereocenters. The smallest absolute Gasteiger partial charge is 0.323 e. The Bertz CT molecular complexity index is 568. The van der Waals surface area contributed by atoms with Crippen molar-refractivity contribution < 1.29 is 23.5 Å². The van der Waals surface area contributed by atoms with Gasteiger partial charge in [0, 0.05) is 0 Å². The van der Waals surface area contributed by atoms with E-state index in [0.717, 1.165) is 18.6 Å². The van der Waals surface area contributed by atoms with Gasteiger partial charge in [-0.3, -0.25) is 4.79 Å². The largest absolute Gasteiger partial charge is 0.465 e. The molecule has 1 aliphatic heterocycles. The van der Waals surface area contributed by atoms with E-state index in [9.17, 15) is 4.79 Å². The van der Waals surface area contributed by atoms with Crippen LogP contribution in [0.1, 0.15) is 33.6 Å². The summed E-state index contributed by atoms with van der Waals surface area (Å²) in [7, 11) is -1.24. The Labute approximate surface area is 156 Å². The number of hydrogen-bond acceptors (Lipinski definition) is 6. The number of carbonyl (C=O) groups is 1. The van der Waals surface area contributed by atoms with Crippen LogP contribution in [0.4, 0.5) is 0 Å². The van der Waals surface area contributed by atoms with Gasteiger partial charge in [-0.05, 0) is 38.5 Å². The molecule has 0 spiro atoms. The van der Waals surface area contributed by atoms with Crippen molar-refractivity contribution >= 4 is 14.3 Å². The number of para-hydroxylation sites is 1. The van der Waals surface area contributed by atoms with Crippen molar-refractivity contribution in [1.82, 2.24) is 5.09 Å². The molecule has 1 heterocycles. The summed E-state index contributed by atoms with van der Waals surface area (Å²) in [6.45, 7) is 6.22. The highest BCUT2D eigenvalue weighted by Gasteiger charge is 2.24. The maximum absolute atomic E-state index is 12.1. The molecule has 0 aromatic heterocycles. The summed E-state index contributed by atoms with van der Waals surface area (Å²) in [4.78, 5) is 12.1. The molecule has 0 saturated heterocycles. The van der Waals surface area contributed by atoms with Crippen LogP contribution >= 0.6 is 8.30 Å². The zero-order valence-corrected chi connectivity index (χ0v) is 16.5. The molecule has 0 amide bonds. The van der Waals surface area contributed by atoms with Crippen LogP contribution in [0, 0.1) is 0 Å². The Morgan fingerprint density at radius 2 is 2.08 bits per heavy atom. The number of ether oxygens (including phenoxy) is 3. The second-order valence-corrected chi connectivity index (χ2v) is 7.50. The second kappa shape index (κ2) is 11.3. The van der Waals surface area contributed by atoms with Crippen molar-refractivity contribution in [2.45, 2.75) is 52.0 Å². The minimum absolute atomic E-state index is 0.0432. The van der Waals surface area contributed by atoms with Crippen LogP contribution in [-0.2, 0) is 19.0 Å². The van der Waals surface area contributed by atoms with Gasteiger partial charge < -0.3 is 18.7 Å². The molecule has 0 aliphatic carbocycles. The Balaban J connectivity index is 1.88. The molecule has 4 atom stereocenters. The third-order valence-corrected chi connectivity index (χ3v) is 5.13. The van der Waals surface area contributed by atoms with Gasteiger partial charge in [0.15, 0.2) is 14.6 Å². The van der Waals surface area contributed by atoms with E-state index in [-0.39, 0.29) is 18.4 Å². The van der Waals surface area contributed by atoms with E-state index in [2.05, 4.69) is 12.0 Å². The SMILES string of the molecule is CCCCOC(=O)C(C)NP(COC1C=CC(C)O1)Oc1ccccc1. The Morgan fingerprint density at radius 1 is 1.31 bits per heavy atom. The first-order valence-electron chi connectivity index (χ1n) is 8.97. The van der Waals surface area contributed by atoms with E-state index in [1.807, 2.05) is 49.4 Å². The van der Waals surface area contributed by atoms with Crippen LogP contribution in [-0.4, -0.2) is 37.4 Å². The van der Waals surface area contributed by atoms with Crippen molar-refractivity contribution in [3.05, 3.63) is 42.5 Å². The van der Waals surface area contributed by atoms with E-state index in [4.69, 9.17) is 18.7 Å². The topological polar surface area (TPSA) is 66.0 Å². The predicted molar refractivity (Wildman–Crippen MR) is 102 cm³/mol. The highest BCUT2D eigenvalue weighted by Crippen LogP contribution is 2.35. The fourth-order valence-electron chi connectivity index (χ4n) is 2.19. The lowest BCUT2D eigenvalue weighted by Crippen LogP contribution is -2.34. The summed E-state index contributed by atoms with van der Waals surface area (Å²) in [5.41, 5.74) is 0. The Morgan fingerprint density at radius 3 is 2.73 bits per heavy atom. The van der Waals surface area contributed by atoms with Crippen LogP contribution in [0.5, 0.6) is 5.75 Å². The minimum atomic E-state index is -1.24. The van der Waals surface area contributed by atoms with E-state index in [1.54, 1.807) is 6.92 Å². The van der Waals surface area contributed by atoms with E-state index >= 15 is 0 Å². The third-order valence-electron chi connectivity index (χ3n) is 3.64. The second-order valence-electron chi connectivity index (χ2n) is 6.04. The zero-order chi connectivity index (χ0) is 18.8. The summed E-state index contributed by atoms with van der Waals surface area (Å²) in [6.07, 6.45) is 5.62. The summed E-state index contributed by atoms with van der Waals surface area (Å²) in [6, 6.07) is 8.98. The standard InChI is InChI=1S/C19H28NO5P/c1-4-5-13-22-19(21)16(3)20-26(25-17-9-7-6-8-10-17)14-23-18-12-11-15(2)24-18/h6-12,15-16,18,20H,4-5,13-14H2,1-3H3. The average molecular weight is 381 g/mol. The maximum Gasteiger partial charge on any atom is 0.323 e. The molecule has 6 nitrogen and oxygen atoms in total.